The zero-order chi connectivity index (χ0) is 8.55. The molecule has 0 saturated heterocycles. The molecule has 2 rings (SSSR count). The Kier molecular flexibility index (Phi) is 1.62. The molecule has 0 bridgehead atoms. The summed E-state index contributed by atoms with van der Waals surface area (Å²) < 4.78 is 0. The third kappa shape index (κ3) is 1.21. The second-order valence-electron chi connectivity index (χ2n) is 2.46. The number of fused-ring (bicyclic) bond motifs is 1. The Morgan fingerprint density at radius 2 is 2.25 bits per heavy atom. The summed E-state index contributed by atoms with van der Waals surface area (Å²) in [5.74, 6) is 0. The highest BCUT2D eigenvalue weighted by Crippen LogP contribution is 2.13. The molecule has 0 unspecified atom stereocenters. The number of hydrogen-bond acceptors (Lipinski definition) is 3. The maximum Gasteiger partial charge on any atom is 0.345 e. The first kappa shape index (κ1) is 7.36. The van der Waals surface area contributed by atoms with Gasteiger partial charge in [0.15, 0.2) is 0 Å². The van der Waals surface area contributed by atoms with Gasteiger partial charge in [0.2, 0.25) is 0 Å². The molecule has 3 nitrogen and oxygen atoms in total. The third-order valence-corrected chi connectivity index (χ3v) is 1.88. The minimum Gasteiger partial charge on any atom is -0.305 e. The van der Waals surface area contributed by atoms with E-state index in [2.05, 4.69) is 22.6 Å². The van der Waals surface area contributed by atoms with Crippen molar-refractivity contribution in [3.63, 3.8) is 0 Å². The number of rotatable bonds is 0. The Bertz CT molecular complexity index is 478. The van der Waals surface area contributed by atoms with Gasteiger partial charge in [0.1, 0.15) is 0 Å². The molecule has 0 aliphatic rings. The minimum absolute atomic E-state index is 0.325. The predicted molar refractivity (Wildman–Crippen MR) is 49.6 cm³/mol. The maximum atomic E-state index is 10.8. The molecule has 1 heterocycles. The monoisotopic (exact) mass is 178 g/mol. The number of aromatic nitrogens is 2. The van der Waals surface area contributed by atoms with Crippen LogP contribution in [0.4, 0.5) is 0 Å². The van der Waals surface area contributed by atoms with E-state index in [-0.39, 0.29) is 5.69 Å². The van der Waals surface area contributed by atoms with Crippen molar-refractivity contribution < 1.29 is 0 Å². The SMILES string of the molecule is O=c1ncc2cc(S)ccc2[nH]1. The van der Waals surface area contributed by atoms with Gasteiger partial charge in [-0.2, -0.15) is 0 Å². The van der Waals surface area contributed by atoms with Crippen LogP contribution in [0.15, 0.2) is 34.1 Å². The van der Waals surface area contributed by atoms with Gasteiger partial charge in [-0.05, 0) is 18.2 Å². The highest BCUT2D eigenvalue weighted by molar-refractivity contribution is 7.80. The van der Waals surface area contributed by atoms with E-state index in [1.54, 1.807) is 6.07 Å². The molecular weight excluding hydrogens is 172 g/mol. The quantitative estimate of drug-likeness (QED) is 0.596. The molecule has 0 saturated carbocycles. The number of nitrogens with one attached hydrogen (secondary N) is 1. The highest BCUT2D eigenvalue weighted by atomic mass is 32.1. The van der Waals surface area contributed by atoms with Crippen LogP contribution in [0.25, 0.3) is 10.9 Å². The van der Waals surface area contributed by atoms with E-state index in [0.29, 0.717) is 0 Å². The Morgan fingerprint density at radius 3 is 3.08 bits per heavy atom. The number of aromatic amines is 1. The van der Waals surface area contributed by atoms with E-state index < -0.39 is 0 Å². The lowest BCUT2D eigenvalue weighted by Gasteiger charge is -1.95. The Balaban J connectivity index is 2.87. The fraction of sp³-hybridized carbons (Fsp3) is 0. The predicted octanol–water partition coefficient (Wildman–Crippen LogP) is 1.21. The van der Waals surface area contributed by atoms with Crippen molar-refractivity contribution in [2.75, 3.05) is 0 Å². The van der Waals surface area contributed by atoms with Gasteiger partial charge in [-0.25, -0.2) is 9.78 Å². The first-order chi connectivity index (χ1) is 5.75. The van der Waals surface area contributed by atoms with Crippen molar-refractivity contribution in [3.05, 3.63) is 34.9 Å². The van der Waals surface area contributed by atoms with E-state index in [4.69, 9.17) is 0 Å². The molecule has 0 aliphatic heterocycles. The van der Waals surface area contributed by atoms with Gasteiger partial charge in [0.05, 0.1) is 5.52 Å². The zero-order valence-electron chi connectivity index (χ0n) is 6.11. The Hall–Kier alpha value is -1.29. The van der Waals surface area contributed by atoms with E-state index in [9.17, 15) is 4.79 Å². The summed E-state index contributed by atoms with van der Waals surface area (Å²) in [7, 11) is 0. The summed E-state index contributed by atoms with van der Waals surface area (Å²) in [6.45, 7) is 0. The standard InChI is InChI=1S/C8H6N2OS/c11-8-9-4-5-3-6(12)1-2-7(5)10-8/h1-4,12H,(H,9,10,11). The van der Waals surface area contributed by atoms with Gasteiger partial charge in [-0.15, -0.1) is 12.6 Å². The number of thiol groups is 1. The van der Waals surface area contributed by atoms with Crippen LogP contribution in [0.2, 0.25) is 0 Å². The van der Waals surface area contributed by atoms with Crippen LogP contribution in [0.5, 0.6) is 0 Å². The van der Waals surface area contributed by atoms with Gasteiger partial charge in [0, 0.05) is 16.5 Å². The number of hydrogen-bond donors (Lipinski definition) is 2. The van der Waals surface area contributed by atoms with Gasteiger partial charge >= 0.3 is 5.69 Å². The number of H-pyrrole nitrogens is 1. The van der Waals surface area contributed by atoms with E-state index in [0.717, 1.165) is 15.8 Å². The lowest BCUT2D eigenvalue weighted by Crippen LogP contribution is -2.08. The van der Waals surface area contributed by atoms with Gasteiger partial charge in [-0.1, -0.05) is 0 Å². The summed E-state index contributed by atoms with van der Waals surface area (Å²) in [5.41, 5.74) is 0.460. The molecule has 4 heteroatoms. The number of nitrogens with zero attached hydrogens (tertiary/aromatic N) is 1. The van der Waals surface area contributed by atoms with Crippen molar-refractivity contribution in [2.24, 2.45) is 0 Å². The van der Waals surface area contributed by atoms with Crippen LogP contribution >= 0.6 is 12.6 Å². The van der Waals surface area contributed by atoms with E-state index in [1.165, 1.54) is 6.20 Å². The van der Waals surface area contributed by atoms with Crippen LogP contribution in [-0.4, -0.2) is 9.97 Å². The topological polar surface area (TPSA) is 45.8 Å². The summed E-state index contributed by atoms with van der Waals surface area (Å²) in [5, 5.41) is 0.891. The Morgan fingerprint density at radius 1 is 1.42 bits per heavy atom. The van der Waals surface area contributed by atoms with Crippen LogP contribution in [-0.2, 0) is 0 Å². The molecule has 1 aromatic carbocycles. The molecule has 0 fully saturated rings. The van der Waals surface area contributed by atoms with Gasteiger partial charge < -0.3 is 4.98 Å². The lowest BCUT2D eigenvalue weighted by atomic mass is 10.2. The lowest BCUT2D eigenvalue weighted by molar-refractivity contribution is 1.12. The first-order valence-electron chi connectivity index (χ1n) is 3.44. The second kappa shape index (κ2) is 2.64. The van der Waals surface area contributed by atoms with Crippen molar-refractivity contribution in [1.29, 1.82) is 0 Å². The molecule has 1 aromatic heterocycles. The van der Waals surface area contributed by atoms with Crippen molar-refractivity contribution >= 4 is 23.5 Å². The average Bonchev–Trinajstić information content (AvgIpc) is 2.05. The molecule has 1 N–H and O–H groups in total. The van der Waals surface area contributed by atoms with Crippen LogP contribution in [0.1, 0.15) is 0 Å². The zero-order valence-corrected chi connectivity index (χ0v) is 7.01. The average molecular weight is 178 g/mol. The molecular formula is C8H6N2OS. The molecule has 12 heavy (non-hydrogen) atoms. The first-order valence-corrected chi connectivity index (χ1v) is 3.88. The summed E-state index contributed by atoms with van der Waals surface area (Å²) in [4.78, 5) is 17.9. The molecule has 0 radical (unpaired) electrons. The smallest absolute Gasteiger partial charge is 0.305 e. The van der Waals surface area contributed by atoms with Crippen molar-refractivity contribution in [2.45, 2.75) is 4.90 Å². The minimum atomic E-state index is -0.325. The molecule has 60 valence electrons. The molecule has 0 atom stereocenters. The van der Waals surface area contributed by atoms with Crippen LogP contribution in [0.3, 0.4) is 0 Å². The van der Waals surface area contributed by atoms with Crippen LogP contribution < -0.4 is 5.69 Å². The van der Waals surface area contributed by atoms with Gasteiger partial charge in [-0.3, -0.25) is 0 Å². The molecule has 0 spiro atoms. The fourth-order valence-electron chi connectivity index (χ4n) is 1.05. The number of benzene rings is 1. The Labute approximate surface area is 73.9 Å². The summed E-state index contributed by atoms with van der Waals surface area (Å²) in [6.07, 6.45) is 1.54. The van der Waals surface area contributed by atoms with Crippen LogP contribution in [0, 0.1) is 0 Å². The summed E-state index contributed by atoms with van der Waals surface area (Å²) >= 11 is 4.17. The van der Waals surface area contributed by atoms with Crippen molar-refractivity contribution in [1.82, 2.24) is 9.97 Å². The molecule has 2 aromatic rings. The highest BCUT2D eigenvalue weighted by Gasteiger charge is 1.94. The third-order valence-electron chi connectivity index (χ3n) is 1.60. The summed E-state index contributed by atoms with van der Waals surface area (Å²) in [6, 6.07) is 5.48. The maximum absolute atomic E-state index is 10.8. The van der Waals surface area contributed by atoms with E-state index in [1.807, 2.05) is 12.1 Å². The fourth-order valence-corrected chi connectivity index (χ4v) is 1.26. The van der Waals surface area contributed by atoms with Crippen molar-refractivity contribution in [3.8, 4) is 0 Å². The van der Waals surface area contributed by atoms with E-state index >= 15 is 0 Å². The molecule has 0 aliphatic carbocycles. The second-order valence-corrected chi connectivity index (χ2v) is 2.98. The normalized spacial score (nSPS) is 10.4. The van der Waals surface area contributed by atoms with Gasteiger partial charge in [0.25, 0.3) is 0 Å². The largest absolute Gasteiger partial charge is 0.345 e. The molecule has 0 amide bonds.